The van der Waals surface area contributed by atoms with Gasteiger partial charge >= 0.3 is 30.1 Å². The molecule has 0 aromatic carbocycles. The van der Waals surface area contributed by atoms with Crippen molar-refractivity contribution in [2.24, 2.45) is 76.9 Å². The first kappa shape index (κ1) is 41.4. The molecule has 9 fully saturated rings. The predicted molar refractivity (Wildman–Crippen MR) is 175 cm³/mol. The monoisotopic (exact) mass is 812 g/mol. The quantitative estimate of drug-likeness (QED) is 0.112. The van der Waals surface area contributed by atoms with E-state index in [4.69, 9.17) is 14.6 Å². The number of hydrogen-bond acceptors (Lipinski definition) is 6. The fraction of sp³-hybridized carbons (Fsp3) is 1.00. The van der Waals surface area contributed by atoms with Crippen LogP contribution >= 0.6 is 0 Å². The second kappa shape index (κ2) is 12.9. The molecule has 0 spiro atoms. The van der Waals surface area contributed by atoms with E-state index in [1.807, 2.05) is 0 Å². The Morgan fingerprint density at radius 1 is 0.741 bits per heavy atom. The van der Waals surface area contributed by atoms with Gasteiger partial charge in [0.25, 0.3) is 0 Å². The Balaban J connectivity index is 0.000000149. The lowest BCUT2D eigenvalue weighted by atomic mass is 9.59. The Labute approximate surface area is 310 Å². The summed E-state index contributed by atoms with van der Waals surface area (Å²) in [5, 5.41) is 29.1. The summed E-state index contributed by atoms with van der Waals surface area (Å²) in [4.78, 5) is 0. The van der Waals surface area contributed by atoms with Crippen LogP contribution in [0.2, 0.25) is 26.2 Å². The number of ether oxygens (including phenoxy) is 3. The number of fused-ring (bicyclic) bond motifs is 21. The molecule has 8 aliphatic carbocycles. The van der Waals surface area contributed by atoms with E-state index in [0.29, 0.717) is 54.3 Å². The average molecular weight is 813 g/mol. The van der Waals surface area contributed by atoms with Crippen LogP contribution in [-0.2, 0) is 14.2 Å². The molecule has 312 valence electrons. The number of aliphatic hydroxyl groups is 3. The number of halogens is 10. The molecule has 54 heavy (non-hydrogen) atoms. The Morgan fingerprint density at radius 3 is 1.74 bits per heavy atom. The van der Waals surface area contributed by atoms with E-state index in [9.17, 15) is 54.1 Å². The first-order valence-corrected chi connectivity index (χ1v) is 23.5. The minimum atomic E-state index is -5.69. The molecule has 17 heteroatoms. The highest BCUT2D eigenvalue weighted by molar-refractivity contribution is 6.74. The maximum absolute atomic E-state index is 14.7. The summed E-state index contributed by atoms with van der Waals surface area (Å²) in [6.07, 6.45) is -4.07. The van der Waals surface area contributed by atoms with E-state index in [-0.39, 0.29) is 29.6 Å². The van der Waals surface area contributed by atoms with E-state index in [0.717, 1.165) is 39.0 Å². The van der Waals surface area contributed by atoms with Gasteiger partial charge in [-0.15, -0.1) is 0 Å². The molecule has 9 aliphatic rings. The maximum Gasteiger partial charge on any atom is 0.477 e. The van der Waals surface area contributed by atoms with Crippen LogP contribution in [-0.4, -0.2) is 84.3 Å². The number of alkyl halides is 10. The molecular weight excluding hydrogens is 758 g/mol. The van der Waals surface area contributed by atoms with Crippen molar-refractivity contribution in [2.75, 3.05) is 13.5 Å². The third kappa shape index (κ3) is 6.06. The molecule has 6 nitrogen and oxygen atoms in total. The molecule has 18 atom stereocenters. The molecule has 0 radical (unpaired) electrons. The molecule has 18 unspecified atom stereocenters. The molecule has 0 aromatic rings. The molecule has 1 saturated heterocycles. The van der Waals surface area contributed by atoms with E-state index in [1.165, 1.54) is 12.8 Å². The van der Waals surface area contributed by atoms with E-state index < -0.39 is 74.9 Å². The van der Waals surface area contributed by atoms with Gasteiger partial charge in [0.2, 0.25) is 0 Å². The highest BCUT2D eigenvalue weighted by atomic mass is 28.3. The van der Waals surface area contributed by atoms with Gasteiger partial charge in [-0.1, -0.05) is 26.2 Å². The van der Waals surface area contributed by atoms with Crippen molar-refractivity contribution in [3.8, 4) is 0 Å². The van der Waals surface area contributed by atoms with Crippen LogP contribution in [0.25, 0.3) is 0 Å². The highest BCUT2D eigenvalue weighted by Gasteiger charge is 2.85. The fourth-order valence-electron chi connectivity index (χ4n) is 13.9. The van der Waals surface area contributed by atoms with Crippen molar-refractivity contribution in [3.63, 3.8) is 0 Å². The van der Waals surface area contributed by atoms with Crippen molar-refractivity contribution in [1.29, 1.82) is 0 Å². The van der Waals surface area contributed by atoms with Gasteiger partial charge in [0.15, 0.2) is 6.79 Å². The van der Waals surface area contributed by atoms with Gasteiger partial charge in [0.05, 0.1) is 6.10 Å². The molecule has 0 amide bonds. The molecule has 9 rings (SSSR count). The number of rotatable bonds is 5. The second-order valence-corrected chi connectivity index (χ2v) is 26.0. The van der Waals surface area contributed by atoms with E-state index in [1.54, 1.807) is 0 Å². The van der Waals surface area contributed by atoms with Crippen LogP contribution in [0.5, 0.6) is 0 Å². The normalized spacial score (nSPS) is 51.2. The van der Waals surface area contributed by atoms with Gasteiger partial charge in [0, 0.05) is 14.0 Å². The van der Waals surface area contributed by atoms with E-state index in [2.05, 4.69) is 30.9 Å². The summed E-state index contributed by atoms with van der Waals surface area (Å²) in [6, 6.07) is -4.78. The lowest BCUT2D eigenvalue weighted by Gasteiger charge is -2.57. The lowest BCUT2D eigenvalue weighted by Crippen LogP contribution is -2.78. The Kier molecular flexibility index (Phi) is 9.89. The average Bonchev–Trinajstić information content (AvgIpc) is 3.87. The molecular formula is C37H54F10O6Si. The topological polar surface area (TPSA) is 88.4 Å². The van der Waals surface area contributed by atoms with Crippen LogP contribution in [0.3, 0.4) is 0 Å². The standard InChI is InChI=1S/C17H21F5O3.C16H21F5O3.C4H12Si/c1-14(23)12-8-5-9(11-7-3-2-6(4-7)10(8)11)13(12)25-16(24,15(14,18)19)17(20,21)22;17-6-14(23-7-24-16(21,22)15(18,19)20)5-10-4-11(14)13-9-2-1-8(3-9)12(10)13;1-5(2,3)4/h6-13,23-24H,2-5H2,1H3;8-13,22H,1-7H2;1-4H3. The smallest absolute Gasteiger partial charge is 0.383 e. The van der Waals surface area contributed by atoms with E-state index >= 15 is 0 Å². The third-order valence-corrected chi connectivity index (χ3v) is 15.3. The molecule has 1 aliphatic heterocycles. The van der Waals surface area contributed by atoms with Crippen molar-refractivity contribution in [1.82, 2.24) is 0 Å². The zero-order chi connectivity index (χ0) is 40.0. The summed E-state index contributed by atoms with van der Waals surface area (Å²) in [5.74, 6) is -7.37. The third-order valence-electron chi connectivity index (χ3n) is 15.3. The first-order chi connectivity index (χ1) is 24.6. The summed E-state index contributed by atoms with van der Waals surface area (Å²) in [5.41, 5.74) is -4.16. The number of hydrogen-bond donors (Lipinski definition) is 3. The Bertz CT molecular complexity index is 1420. The Hall–Kier alpha value is -0.723. The zero-order valence-corrected chi connectivity index (χ0v) is 32.2. The summed E-state index contributed by atoms with van der Waals surface area (Å²) >= 11 is 0. The molecule has 8 bridgehead atoms. The molecule has 1 heterocycles. The van der Waals surface area contributed by atoms with Crippen LogP contribution < -0.4 is 0 Å². The van der Waals surface area contributed by atoms with Gasteiger partial charge in [-0.3, -0.25) is 4.74 Å². The zero-order valence-electron chi connectivity index (χ0n) is 31.2. The SMILES string of the molecule is CC1(O)C2C3CC(C2OC(O)(C(F)(F)F)C1(F)F)C1C2CCC(C2)C31.C[Si](C)(C)C.OC(F)(OCOC1(CF)CC2CC1C1C3CCC(C3)C21)C(F)(F)F. The van der Waals surface area contributed by atoms with Gasteiger partial charge in [-0.2, -0.15) is 39.5 Å². The van der Waals surface area contributed by atoms with Gasteiger partial charge in [-0.05, 0) is 136 Å². The molecule has 3 N–H and O–H groups in total. The van der Waals surface area contributed by atoms with Crippen LogP contribution in [0, 0.1) is 76.9 Å². The summed E-state index contributed by atoms with van der Waals surface area (Å²) in [6.45, 7) is 8.10. The fourth-order valence-corrected chi connectivity index (χ4v) is 13.9. The largest absolute Gasteiger partial charge is 0.477 e. The lowest BCUT2D eigenvalue weighted by molar-refractivity contribution is -0.496. The highest BCUT2D eigenvalue weighted by Crippen LogP contribution is 2.74. The Morgan fingerprint density at radius 2 is 1.24 bits per heavy atom. The second-order valence-electron chi connectivity index (χ2n) is 20.0. The van der Waals surface area contributed by atoms with Gasteiger partial charge in [-0.25, -0.2) is 4.39 Å². The molecule has 0 aromatic heterocycles. The first-order valence-electron chi connectivity index (χ1n) is 19.5. The van der Waals surface area contributed by atoms with Crippen LogP contribution in [0.15, 0.2) is 0 Å². The van der Waals surface area contributed by atoms with Crippen molar-refractivity contribution < 1.29 is 73.4 Å². The summed E-state index contributed by atoms with van der Waals surface area (Å²) in [7, 11) is -0.611. The predicted octanol–water partition coefficient (Wildman–Crippen LogP) is 8.47. The van der Waals surface area contributed by atoms with Crippen LogP contribution in [0.1, 0.15) is 64.7 Å². The van der Waals surface area contributed by atoms with Crippen molar-refractivity contribution in [3.05, 3.63) is 0 Å². The van der Waals surface area contributed by atoms with Gasteiger partial charge < -0.3 is 24.8 Å². The summed E-state index contributed by atoms with van der Waals surface area (Å²) < 4.78 is 147. The van der Waals surface area contributed by atoms with Crippen molar-refractivity contribution in [2.45, 2.75) is 138 Å². The van der Waals surface area contributed by atoms with Gasteiger partial charge in [0.1, 0.15) is 17.9 Å². The molecule has 8 saturated carbocycles. The minimum absolute atomic E-state index is 0.0463. The van der Waals surface area contributed by atoms with Crippen LogP contribution in [0.4, 0.5) is 43.9 Å². The van der Waals surface area contributed by atoms with Crippen molar-refractivity contribution >= 4 is 8.07 Å². The maximum atomic E-state index is 14.7. The minimum Gasteiger partial charge on any atom is -0.383 e.